The van der Waals surface area contributed by atoms with Crippen molar-refractivity contribution in [1.82, 2.24) is 4.90 Å². The fourth-order valence-electron chi connectivity index (χ4n) is 2.07. The quantitative estimate of drug-likeness (QED) is 0.654. The van der Waals surface area contributed by atoms with Crippen LogP contribution < -0.4 is 0 Å². The van der Waals surface area contributed by atoms with Crippen LogP contribution in [0.3, 0.4) is 0 Å². The van der Waals surface area contributed by atoms with E-state index in [1.807, 2.05) is 4.90 Å². The third-order valence-electron chi connectivity index (χ3n) is 2.85. The second kappa shape index (κ2) is 4.80. The molecule has 0 aromatic carbocycles. The molecule has 2 heterocycles. The summed E-state index contributed by atoms with van der Waals surface area (Å²) in [4.78, 5) is 22.9. The first kappa shape index (κ1) is 12.0. The fraction of sp³-hybridized carbons (Fsp3) is 0.500. The van der Waals surface area contributed by atoms with Crippen molar-refractivity contribution in [3.63, 3.8) is 0 Å². The molecule has 2 rings (SSSR count). The molecule has 0 radical (unpaired) electrons. The zero-order valence-electron chi connectivity index (χ0n) is 9.04. The summed E-state index contributed by atoms with van der Waals surface area (Å²) in [6, 6.07) is 1.07. The van der Waals surface area contributed by atoms with E-state index in [0.29, 0.717) is 13.0 Å². The number of carbonyl (C=O) groups is 1. The number of rotatable bonds is 4. The summed E-state index contributed by atoms with van der Waals surface area (Å²) in [7, 11) is 0. The lowest BCUT2D eigenvalue weighted by Gasteiger charge is -2.19. The maximum Gasteiger partial charge on any atom is 0.324 e. The van der Waals surface area contributed by atoms with Crippen molar-refractivity contribution in [3.8, 4) is 0 Å². The van der Waals surface area contributed by atoms with Crippen molar-refractivity contribution in [3.05, 3.63) is 27.1 Å². The lowest BCUT2D eigenvalue weighted by atomic mass is 10.2. The third kappa shape index (κ3) is 2.62. The summed E-state index contributed by atoms with van der Waals surface area (Å²) in [5.74, 6) is -0.813. The molecule has 6 nitrogen and oxygen atoms in total. The van der Waals surface area contributed by atoms with E-state index in [2.05, 4.69) is 0 Å². The minimum atomic E-state index is -0.813. The van der Waals surface area contributed by atoms with Gasteiger partial charge in [0.1, 0.15) is 6.04 Å². The molecular formula is C10H12N2O4S. The van der Waals surface area contributed by atoms with Crippen LogP contribution in [0.1, 0.15) is 18.4 Å². The Balaban J connectivity index is 2.04. The molecule has 1 aromatic rings. The van der Waals surface area contributed by atoms with E-state index in [1.165, 1.54) is 6.07 Å². The van der Waals surface area contributed by atoms with Gasteiger partial charge in [-0.15, -0.1) is 0 Å². The number of hydrogen-bond donors (Lipinski definition) is 1. The first-order valence-electron chi connectivity index (χ1n) is 5.26. The van der Waals surface area contributed by atoms with Crippen molar-refractivity contribution in [2.45, 2.75) is 25.4 Å². The van der Waals surface area contributed by atoms with Gasteiger partial charge in [0.05, 0.1) is 4.92 Å². The molecule has 0 aliphatic carbocycles. The minimum absolute atomic E-state index is 0.103. The molecule has 7 heteroatoms. The van der Waals surface area contributed by atoms with Gasteiger partial charge in [0.2, 0.25) is 0 Å². The smallest absolute Gasteiger partial charge is 0.324 e. The Bertz CT molecular complexity index is 445. The van der Waals surface area contributed by atoms with Crippen LogP contribution in [-0.2, 0) is 11.3 Å². The summed E-state index contributed by atoms with van der Waals surface area (Å²) in [5, 5.41) is 21.4. The molecule has 1 aromatic heterocycles. The van der Waals surface area contributed by atoms with Crippen LogP contribution in [0.5, 0.6) is 0 Å². The lowest BCUT2D eigenvalue weighted by Crippen LogP contribution is -2.35. The van der Waals surface area contributed by atoms with Gasteiger partial charge in [-0.1, -0.05) is 11.3 Å². The Morgan fingerprint density at radius 2 is 2.47 bits per heavy atom. The standard InChI is InChI=1S/C10H12N2O4S/c13-10(14)8-2-1-3-11(8)5-7-4-9(12(15)16)17-6-7/h4,6,8H,1-3,5H2,(H,13,14). The zero-order valence-corrected chi connectivity index (χ0v) is 9.85. The van der Waals surface area contributed by atoms with Gasteiger partial charge < -0.3 is 5.11 Å². The van der Waals surface area contributed by atoms with Gasteiger partial charge in [-0.25, -0.2) is 0 Å². The minimum Gasteiger partial charge on any atom is -0.480 e. The Labute approximate surface area is 102 Å². The van der Waals surface area contributed by atoms with E-state index in [-0.39, 0.29) is 5.00 Å². The van der Waals surface area contributed by atoms with Crippen LogP contribution in [-0.4, -0.2) is 33.5 Å². The number of thiophene rings is 1. The molecule has 17 heavy (non-hydrogen) atoms. The van der Waals surface area contributed by atoms with E-state index in [9.17, 15) is 14.9 Å². The normalized spacial score (nSPS) is 20.6. The van der Waals surface area contributed by atoms with Crippen molar-refractivity contribution in [2.24, 2.45) is 0 Å². The van der Waals surface area contributed by atoms with E-state index >= 15 is 0 Å². The highest BCUT2D eigenvalue weighted by molar-refractivity contribution is 7.13. The van der Waals surface area contributed by atoms with E-state index in [4.69, 9.17) is 5.11 Å². The number of hydrogen-bond acceptors (Lipinski definition) is 5. The molecule has 1 aliphatic rings. The van der Waals surface area contributed by atoms with Crippen LogP contribution in [0.2, 0.25) is 0 Å². The Morgan fingerprint density at radius 1 is 1.71 bits per heavy atom. The largest absolute Gasteiger partial charge is 0.480 e. The van der Waals surface area contributed by atoms with Crippen LogP contribution in [0.25, 0.3) is 0 Å². The number of likely N-dealkylation sites (tertiary alicyclic amines) is 1. The molecule has 0 spiro atoms. The van der Waals surface area contributed by atoms with Gasteiger partial charge >= 0.3 is 11.0 Å². The average Bonchev–Trinajstić information content (AvgIpc) is 2.86. The van der Waals surface area contributed by atoms with Crippen molar-refractivity contribution in [1.29, 1.82) is 0 Å². The molecule has 1 unspecified atom stereocenters. The molecule has 1 aliphatic heterocycles. The van der Waals surface area contributed by atoms with Gasteiger partial charge in [-0.05, 0) is 24.9 Å². The summed E-state index contributed by atoms with van der Waals surface area (Å²) < 4.78 is 0. The Kier molecular flexibility index (Phi) is 3.39. The molecule has 1 saturated heterocycles. The molecule has 0 saturated carbocycles. The predicted molar refractivity (Wildman–Crippen MR) is 62.0 cm³/mol. The molecule has 0 bridgehead atoms. The van der Waals surface area contributed by atoms with Gasteiger partial charge in [-0.2, -0.15) is 0 Å². The molecule has 1 fully saturated rings. The van der Waals surface area contributed by atoms with Gasteiger partial charge in [0.15, 0.2) is 0 Å². The maximum absolute atomic E-state index is 11.0. The SMILES string of the molecule is O=C(O)C1CCCN1Cc1csc([N+](=O)[O-])c1. The van der Waals surface area contributed by atoms with E-state index in [1.54, 1.807) is 5.38 Å². The third-order valence-corrected chi connectivity index (χ3v) is 3.78. The number of nitrogens with zero attached hydrogens (tertiary/aromatic N) is 2. The topological polar surface area (TPSA) is 83.7 Å². The number of carboxylic acid groups (broad SMARTS) is 1. The summed E-state index contributed by atoms with van der Waals surface area (Å²) in [6.45, 7) is 1.21. The van der Waals surface area contributed by atoms with Crippen LogP contribution >= 0.6 is 11.3 Å². The second-order valence-corrected chi connectivity index (χ2v) is 4.91. The zero-order chi connectivity index (χ0) is 12.4. The maximum atomic E-state index is 11.0. The lowest BCUT2D eigenvalue weighted by molar-refractivity contribution is -0.380. The number of nitro groups is 1. The van der Waals surface area contributed by atoms with Crippen molar-refractivity contribution >= 4 is 22.3 Å². The van der Waals surface area contributed by atoms with Crippen LogP contribution in [0.4, 0.5) is 5.00 Å². The first-order chi connectivity index (χ1) is 8.08. The highest BCUT2D eigenvalue weighted by Gasteiger charge is 2.30. The number of carboxylic acids is 1. The van der Waals surface area contributed by atoms with E-state index in [0.717, 1.165) is 29.9 Å². The number of aliphatic carboxylic acids is 1. The average molecular weight is 256 g/mol. The fourth-order valence-corrected chi connectivity index (χ4v) is 2.79. The monoisotopic (exact) mass is 256 g/mol. The van der Waals surface area contributed by atoms with Gasteiger partial charge in [-0.3, -0.25) is 19.8 Å². The van der Waals surface area contributed by atoms with Gasteiger partial charge in [0, 0.05) is 18.0 Å². The van der Waals surface area contributed by atoms with E-state index < -0.39 is 16.9 Å². The predicted octanol–water partition coefficient (Wildman–Crippen LogP) is 1.71. The highest BCUT2D eigenvalue weighted by atomic mass is 32.1. The molecule has 1 atom stereocenters. The summed E-state index contributed by atoms with van der Waals surface area (Å²) in [5.41, 5.74) is 0.815. The Morgan fingerprint density at radius 3 is 3.06 bits per heavy atom. The molecular weight excluding hydrogens is 244 g/mol. The van der Waals surface area contributed by atoms with Crippen LogP contribution in [0, 0.1) is 10.1 Å². The van der Waals surface area contributed by atoms with Crippen LogP contribution in [0.15, 0.2) is 11.4 Å². The van der Waals surface area contributed by atoms with Crippen molar-refractivity contribution in [2.75, 3.05) is 6.54 Å². The first-order valence-corrected chi connectivity index (χ1v) is 6.14. The molecule has 92 valence electrons. The molecule has 0 amide bonds. The Hall–Kier alpha value is -1.47. The summed E-state index contributed by atoms with van der Waals surface area (Å²) >= 11 is 1.08. The summed E-state index contributed by atoms with van der Waals surface area (Å²) in [6.07, 6.45) is 1.52. The second-order valence-electron chi connectivity index (χ2n) is 4.02. The van der Waals surface area contributed by atoms with Gasteiger partial charge in [0.25, 0.3) is 0 Å². The highest BCUT2D eigenvalue weighted by Crippen LogP contribution is 2.26. The van der Waals surface area contributed by atoms with Crippen molar-refractivity contribution < 1.29 is 14.8 Å². The molecule has 1 N–H and O–H groups in total.